The monoisotopic (exact) mass is 350 g/mol. The van der Waals surface area contributed by atoms with Gasteiger partial charge in [0.05, 0.1) is 0 Å². The summed E-state index contributed by atoms with van der Waals surface area (Å²) in [5, 5.41) is 3.23. The second-order valence-corrected chi connectivity index (χ2v) is 7.58. The zero-order valence-corrected chi connectivity index (χ0v) is 13.0. The summed E-state index contributed by atoms with van der Waals surface area (Å²) >= 11 is 3.11. The van der Waals surface area contributed by atoms with Gasteiger partial charge < -0.3 is 5.32 Å². The van der Waals surface area contributed by atoms with Gasteiger partial charge in [0.1, 0.15) is 10.7 Å². The van der Waals surface area contributed by atoms with Crippen molar-refractivity contribution in [3.8, 4) is 0 Å². The van der Waals surface area contributed by atoms with E-state index in [9.17, 15) is 12.8 Å². The summed E-state index contributed by atoms with van der Waals surface area (Å²) in [5.74, 6) is -0.736. The molecule has 7 heteroatoms. The maximum Gasteiger partial charge on any atom is 0.245 e. The second kappa shape index (κ2) is 5.87. The molecule has 1 saturated heterocycles. The van der Waals surface area contributed by atoms with Crippen molar-refractivity contribution in [3.05, 3.63) is 28.5 Å². The van der Waals surface area contributed by atoms with Gasteiger partial charge >= 0.3 is 0 Å². The Morgan fingerprint density at radius 1 is 1.53 bits per heavy atom. The molecular formula is C12H16BrFN2O2S. The average Bonchev–Trinajstić information content (AvgIpc) is 2.81. The molecule has 0 aliphatic carbocycles. The SMILES string of the molecule is CN(CC1CCCN1)S(=O)(=O)c1ccc(Br)cc1F. The molecule has 1 heterocycles. The van der Waals surface area contributed by atoms with Crippen LogP contribution in [0.4, 0.5) is 4.39 Å². The number of hydrogen-bond acceptors (Lipinski definition) is 3. The summed E-state index contributed by atoms with van der Waals surface area (Å²) in [4.78, 5) is -0.281. The molecular weight excluding hydrogens is 335 g/mol. The molecule has 1 N–H and O–H groups in total. The first-order valence-electron chi connectivity index (χ1n) is 6.06. The Bertz CT molecular complexity index is 559. The van der Waals surface area contributed by atoms with Gasteiger partial charge in [0.25, 0.3) is 0 Å². The Balaban J connectivity index is 2.20. The van der Waals surface area contributed by atoms with E-state index in [2.05, 4.69) is 21.2 Å². The summed E-state index contributed by atoms with van der Waals surface area (Å²) in [6.07, 6.45) is 1.99. The van der Waals surface area contributed by atoms with Gasteiger partial charge in [-0.2, -0.15) is 4.31 Å². The van der Waals surface area contributed by atoms with Crippen molar-refractivity contribution < 1.29 is 12.8 Å². The molecule has 2 rings (SSSR count). The van der Waals surface area contributed by atoms with Gasteiger partial charge in [0.15, 0.2) is 0 Å². The molecule has 0 aromatic heterocycles. The quantitative estimate of drug-likeness (QED) is 0.902. The van der Waals surface area contributed by atoms with Crippen LogP contribution in [0.2, 0.25) is 0 Å². The van der Waals surface area contributed by atoms with Crippen LogP contribution >= 0.6 is 15.9 Å². The standard InChI is InChI=1S/C12H16BrFN2O2S/c1-16(8-10-3-2-6-15-10)19(17,18)12-5-4-9(13)7-11(12)14/h4-5,7,10,15H,2-3,6,8H2,1H3. The molecule has 1 fully saturated rings. The molecule has 0 bridgehead atoms. The summed E-state index contributed by atoms with van der Waals surface area (Å²) in [7, 11) is -2.29. The maximum absolute atomic E-state index is 13.8. The van der Waals surface area contributed by atoms with Crippen LogP contribution in [0.25, 0.3) is 0 Å². The number of hydrogen-bond donors (Lipinski definition) is 1. The Kier molecular flexibility index (Phi) is 4.60. The average molecular weight is 351 g/mol. The first-order valence-corrected chi connectivity index (χ1v) is 8.29. The molecule has 1 unspecified atom stereocenters. The molecule has 1 aromatic carbocycles. The summed E-state index contributed by atoms with van der Waals surface area (Å²) in [6.45, 7) is 1.27. The summed E-state index contributed by atoms with van der Waals surface area (Å²) < 4.78 is 40.1. The number of likely N-dealkylation sites (N-methyl/N-ethyl adjacent to an activating group) is 1. The van der Waals surface area contributed by atoms with E-state index in [1.165, 1.54) is 23.5 Å². The molecule has 1 atom stereocenters. The van der Waals surface area contributed by atoms with E-state index in [0.29, 0.717) is 11.0 Å². The lowest BCUT2D eigenvalue weighted by Gasteiger charge is -2.21. The predicted octanol–water partition coefficient (Wildman–Crippen LogP) is 1.96. The number of rotatable bonds is 4. The molecule has 0 amide bonds. The molecule has 0 radical (unpaired) electrons. The molecule has 1 aliphatic heterocycles. The van der Waals surface area contributed by atoms with E-state index in [4.69, 9.17) is 0 Å². The first kappa shape index (κ1) is 14.9. The van der Waals surface area contributed by atoms with Gasteiger partial charge in [-0.25, -0.2) is 12.8 Å². The third-order valence-electron chi connectivity index (χ3n) is 3.22. The lowest BCUT2D eigenvalue weighted by molar-refractivity contribution is 0.414. The lowest BCUT2D eigenvalue weighted by atomic mass is 10.2. The van der Waals surface area contributed by atoms with Crippen LogP contribution in [-0.4, -0.2) is 38.9 Å². The fraction of sp³-hybridized carbons (Fsp3) is 0.500. The number of sulfonamides is 1. The van der Waals surface area contributed by atoms with Crippen molar-refractivity contribution in [2.24, 2.45) is 0 Å². The van der Waals surface area contributed by atoms with Crippen LogP contribution in [0, 0.1) is 5.82 Å². The Labute approximate surface area is 121 Å². The predicted molar refractivity (Wildman–Crippen MR) is 74.9 cm³/mol. The van der Waals surface area contributed by atoms with Crippen LogP contribution in [0.3, 0.4) is 0 Å². The normalized spacial score (nSPS) is 20.1. The third-order valence-corrected chi connectivity index (χ3v) is 5.57. The summed E-state index contributed by atoms with van der Waals surface area (Å²) in [5.41, 5.74) is 0. The minimum atomic E-state index is -3.78. The zero-order valence-electron chi connectivity index (χ0n) is 10.6. The van der Waals surface area contributed by atoms with E-state index in [-0.39, 0.29) is 10.9 Å². The van der Waals surface area contributed by atoms with Crippen molar-refractivity contribution in [2.45, 2.75) is 23.8 Å². The fourth-order valence-electron chi connectivity index (χ4n) is 2.17. The molecule has 4 nitrogen and oxygen atoms in total. The number of nitrogens with one attached hydrogen (secondary N) is 1. The van der Waals surface area contributed by atoms with Crippen molar-refractivity contribution in [1.29, 1.82) is 0 Å². The molecule has 0 spiro atoms. The number of halogens is 2. The van der Waals surface area contributed by atoms with Crippen molar-refractivity contribution in [3.63, 3.8) is 0 Å². The zero-order chi connectivity index (χ0) is 14.0. The summed E-state index contributed by atoms with van der Waals surface area (Å²) in [6, 6.07) is 4.12. The van der Waals surface area contributed by atoms with Gasteiger partial charge in [-0.3, -0.25) is 0 Å². The number of nitrogens with zero attached hydrogens (tertiary/aromatic N) is 1. The Morgan fingerprint density at radius 3 is 2.84 bits per heavy atom. The van der Waals surface area contributed by atoms with Crippen LogP contribution in [-0.2, 0) is 10.0 Å². The highest BCUT2D eigenvalue weighted by Gasteiger charge is 2.27. The van der Waals surface area contributed by atoms with Gasteiger partial charge in [-0.1, -0.05) is 15.9 Å². The van der Waals surface area contributed by atoms with Crippen molar-refractivity contribution in [2.75, 3.05) is 20.1 Å². The largest absolute Gasteiger partial charge is 0.313 e. The molecule has 1 aromatic rings. The first-order chi connectivity index (χ1) is 8.91. The second-order valence-electron chi connectivity index (χ2n) is 4.65. The maximum atomic E-state index is 13.8. The highest BCUT2D eigenvalue weighted by Crippen LogP contribution is 2.22. The molecule has 0 saturated carbocycles. The number of benzene rings is 1. The van der Waals surface area contributed by atoms with E-state index in [1.54, 1.807) is 0 Å². The van der Waals surface area contributed by atoms with Gasteiger partial charge in [0, 0.05) is 24.1 Å². The van der Waals surface area contributed by atoms with E-state index >= 15 is 0 Å². The fourth-order valence-corrected chi connectivity index (χ4v) is 3.76. The third kappa shape index (κ3) is 3.34. The Hall–Kier alpha value is -0.500. The van der Waals surface area contributed by atoms with Gasteiger partial charge in [0.2, 0.25) is 10.0 Å². The minimum Gasteiger partial charge on any atom is -0.313 e. The van der Waals surface area contributed by atoms with E-state index in [1.807, 2.05) is 0 Å². The minimum absolute atomic E-state index is 0.151. The van der Waals surface area contributed by atoms with Crippen molar-refractivity contribution in [1.82, 2.24) is 9.62 Å². The van der Waals surface area contributed by atoms with E-state index < -0.39 is 15.8 Å². The molecule has 19 heavy (non-hydrogen) atoms. The lowest BCUT2D eigenvalue weighted by Crippen LogP contribution is -2.38. The highest BCUT2D eigenvalue weighted by molar-refractivity contribution is 9.10. The molecule has 106 valence electrons. The highest BCUT2D eigenvalue weighted by atomic mass is 79.9. The van der Waals surface area contributed by atoms with Gasteiger partial charge in [-0.05, 0) is 37.6 Å². The smallest absolute Gasteiger partial charge is 0.245 e. The molecule has 1 aliphatic rings. The van der Waals surface area contributed by atoms with Crippen molar-refractivity contribution >= 4 is 26.0 Å². The van der Waals surface area contributed by atoms with Crippen LogP contribution in [0.1, 0.15) is 12.8 Å². The van der Waals surface area contributed by atoms with Crippen LogP contribution in [0.15, 0.2) is 27.6 Å². The van der Waals surface area contributed by atoms with Crippen LogP contribution in [0.5, 0.6) is 0 Å². The van der Waals surface area contributed by atoms with Gasteiger partial charge in [-0.15, -0.1) is 0 Å². The Morgan fingerprint density at radius 2 is 2.26 bits per heavy atom. The van der Waals surface area contributed by atoms with E-state index in [0.717, 1.165) is 25.5 Å². The topological polar surface area (TPSA) is 49.4 Å². The van der Waals surface area contributed by atoms with Crippen LogP contribution < -0.4 is 5.32 Å².